The molecule has 0 aliphatic carbocycles. The van der Waals surface area contributed by atoms with Gasteiger partial charge in [-0.25, -0.2) is 4.79 Å². The second kappa shape index (κ2) is 6.40. The Kier molecular flexibility index (Phi) is 4.85. The quantitative estimate of drug-likeness (QED) is 0.602. The molecule has 2 heterocycles. The van der Waals surface area contributed by atoms with Crippen molar-refractivity contribution >= 4 is 23.6 Å². The number of thioether (sulfide) groups is 1. The maximum absolute atomic E-state index is 12.2. The van der Waals surface area contributed by atoms with Gasteiger partial charge in [0.2, 0.25) is 0 Å². The Morgan fingerprint density at radius 3 is 2.83 bits per heavy atom. The van der Waals surface area contributed by atoms with E-state index in [4.69, 9.17) is 9.47 Å². The number of ether oxygens (including phenoxy) is 2. The SMILES string of the molecule is COC(=O)[C@H]1CSCN1C(=O)C[NH+]1CCOCC1. The topological polar surface area (TPSA) is 60.3 Å². The molecule has 2 aliphatic heterocycles. The van der Waals surface area contributed by atoms with Crippen molar-refractivity contribution in [2.24, 2.45) is 0 Å². The van der Waals surface area contributed by atoms with Crippen LogP contribution in [-0.2, 0) is 19.1 Å². The van der Waals surface area contributed by atoms with Crippen molar-refractivity contribution in [1.82, 2.24) is 4.90 Å². The Bertz CT molecular complexity index is 320. The third-order valence-corrected chi connectivity index (χ3v) is 4.29. The van der Waals surface area contributed by atoms with Gasteiger partial charge in [-0.15, -0.1) is 11.8 Å². The average Bonchev–Trinajstić information content (AvgIpc) is 2.88. The van der Waals surface area contributed by atoms with Crippen LogP contribution in [0.3, 0.4) is 0 Å². The number of quaternary nitrogens is 1. The summed E-state index contributed by atoms with van der Waals surface area (Å²) >= 11 is 1.59. The van der Waals surface area contributed by atoms with E-state index in [0.717, 1.165) is 13.1 Å². The lowest BCUT2D eigenvalue weighted by atomic mass is 10.3. The van der Waals surface area contributed by atoms with Crippen LogP contribution < -0.4 is 4.90 Å². The lowest BCUT2D eigenvalue weighted by molar-refractivity contribution is -0.900. The van der Waals surface area contributed by atoms with Crippen LogP contribution in [0, 0.1) is 0 Å². The maximum atomic E-state index is 12.2. The molecule has 1 amide bonds. The van der Waals surface area contributed by atoms with Crippen LogP contribution in [0.15, 0.2) is 0 Å². The molecule has 6 nitrogen and oxygen atoms in total. The summed E-state index contributed by atoms with van der Waals surface area (Å²) in [6.45, 7) is 3.57. The molecule has 0 bridgehead atoms. The molecule has 1 atom stereocenters. The number of nitrogens with one attached hydrogen (secondary N) is 1. The van der Waals surface area contributed by atoms with E-state index in [9.17, 15) is 9.59 Å². The molecule has 2 aliphatic rings. The minimum atomic E-state index is -0.409. The first-order chi connectivity index (χ1) is 8.72. The summed E-state index contributed by atoms with van der Waals surface area (Å²) in [5, 5.41) is 0. The normalized spacial score (nSPS) is 25.2. The Hall–Kier alpha value is -0.790. The van der Waals surface area contributed by atoms with Crippen molar-refractivity contribution < 1.29 is 24.0 Å². The van der Waals surface area contributed by atoms with Gasteiger partial charge in [-0.05, 0) is 0 Å². The van der Waals surface area contributed by atoms with Crippen LogP contribution in [0.4, 0.5) is 0 Å². The van der Waals surface area contributed by atoms with Crippen molar-refractivity contribution in [3.05, 3.63) is 0 Å². The summed E-state index contributed by atoms with van der Waals surface area (Å²) in [6.07, 6.45) is 0. The second-order valence-corrected chi connectivity index (χ2v) is 5.44. The fraction of sp³-hybridized carbons (Fsp3) is 0.818. The van der Waals surface area contributed by atoms with Crippen LogP contribution in [-0.4, -0.2) is 74.4 Å². The number of methoxy groups -OCH3 is 1. The third kappa shape index (κ3) is 3.15. The number of esters is 1. The number of nitrogens with zero attached hydrogens (tertiary/aromatic N) is 1. The summed E-state index contributed by atoms with van der Waals surface area (Å²) < 4.78 is 9.99. The van der Waals surface area contributed by atoms with Crippen LogP contribution in [0.25, 0.3) is 0 Å². The number of amides is 1. The number of carbonyl (C=O) groups excluding carboxylic acids is 2. The van der Waals surface area contributed by atoms with Crippen molar-refractivity contribution in [2.75, 3.05) is 51.6 Å². The highest BCUT2D eigenvalue weighted by molar-refractivity contribution is 7.99. The first-order valence-corrected chi connectivity index (χ1v) is 7.24. The highest BCUT2D eigenvalue weighted by Crippen LogP contribution is 2.21. The number of hydrogen-bond donors (Lipinski definition) is 1. The highest BCUT2D eigenvalue weighted by Gasteiger charge is 2.36. The van der Waals surface area contributed by atoms with Gasteiger partial charge >= 0.3 is 5.97 Å². The summed E-state index contributed by atoms with van der Waals surface area (Å²) in [4.78, 5) is 26.6. The second-order valence-electron chi connectivity index (χ2n) is 4.44. The van der Waals surface area contributed by atoms with Crippen LogP contribution in [0.2, 0.25) is 0 Å². The summed E-state index contributed by atoms with van der Waals surface area (Å²) in [5.41, 5.74) is 0. The summed E-state index contributed by atoms with van der Waals surface area (Å²) in [7, 11) is 1.36. The molecule has 2 saturated heterocycles. The minimum absolute atomic E-state index is 0.0345. The zero-order chi connectivity index (χ0) is 13.0. The number of morpholine rings is 1. The van der Waals surface area contributed by atoms with E-state index in [1.54, 1.807) is 16.7 Å². The van der Waals surface area contributed by atoms with Crippen LogP contribution in [0.5, 0.6) is 0 Å². The number of rotatable bonds is 3. The molecular formula is C11H19N2O4S+. The van der Waals surface area contributed by atoms with E-state index in [0.29, 0.717) is 31.4 Å². The Morgan fingerprint density at radius 1 is 1.44 bits per heavy atom. The molecule has 0 saturated carbocycles. The molecule has 0 unspecified atom stereocenters. The first kappa shape index (κ1) is 13.6. The Labute approximate surface area is 111 Å². The minimum Gasteiger partial charge on any atom is -0.467 e. The van der Waals surface area contributed by atoms with E-state index >= 15 is 0 Å². The molecule has 0 aromatic carbocycles. The van der Waals surface area contributed by atoms with Gasteiger partial charge in [0.25, 0.3) is 5.91 Å². The molecule has 102 valence electrons. The zero-order valence-electron chi connectivity index (χ0n) is 10.5. The molecule has 18 heavy (non-hydrogen) atoms. The molecule has 1 N–H and O–H groups in total. The van der Waals surface area contributed by atoms with Gasteiger partial charge < -0.3 is 19.3 Å². The summed E-state index contributed by atoms with van der Waals surface area (Å²) in [6, 6.07) is -0.409. The number of hydrogen-bond acceptors (Lipinski definition) is 5. The monoisotopic (exact) mass is 275 g/mol. The average molecular weight is 275 g/mol. The molecule has 0 spiro atoms. The first-order valence-electron chi connectivity index (χ1n) is 6.08. The van der Waals surface area contributed by atoms with E-state index in [1.165, 1.54) is 12.0 Å². The van der Waals surface area contributed by atoms with Gasteiger partial charge in [0.1, 0.15) is 19.1 Å². The predicted molar refractivity (Wildman–Crippen MR) is 66.4 cm³/mol. The molecule has 0 aromatic rings. The summed E-state index contributed by atoms with van der Waals surface area (Å²) in [5.74, 6) is 0.941. The molecule has 0 aromatic heterocycles. The van der Waals surface area contributed by atoms with Crippen LogP contribution in [0.1, 0.15) is 0 Å². The van der Waals surface area contributed by atoms with Crippen molar-refractivity contribution in [3.8, 4) is 0 Å². The predicted octanol–water partition coefficient (Wildman–Crippen LogP) is -2.02. The molecule has 0 radical (unpaired) electrons. The Balaban J connectivity index is 1.89. The van der Waals surface area contributed by atoms with Crippen LogP contribution >= 0.6 is 11.8 Å². The number of carbonyl (C=O) groups is 2. The largest absolute Gasteiger partial charge is 0.467 e. The van der Waals surface area contributed by atoms with Gasteiger partial charge in [-0.1, -0.05) is 0 Å². The van der Waals surface area contributed by atoms with Gasteiger partial charge in [-0.3, -0.25) is 4.79 Å². The van der Waals surface area contributed by atoms with E-state index in [-0.39, 0.29) is 11.9 Å². The van der Waals surface area contributed by atoms with Gasteiger partial charge in [0.05, 0.1) is 26.2 Å². The van der Waals surface area contributed by atoms with Crippen molar-refractivity contribution in [2.45, 2.75) is 6.04 Å². The van der Waals surface area contributed by atoms with Gasteiger partial charge in [0, 0.05) is 5.75 Å². The lowest BCUT2D eigenvalue weighted by Crippen LogP contribution is -3.15. The Morgan fingerprint density at radius 2 is 2.17 bits per heavy atom. The molecular weight excluding hydrogens is 256 g/mol. The highest BCUT2D eigenvalue weighted by atomic mass is 32.2. The van der Waals surface area contributed by atoms with Crippen molar-refractivity contribution in [3.63, 3.8) is 0 Å². The standard InChI is InChI=1S/C11H18N2O4S/c1-16-11(15)9-7-18-8-13(9)10(14)6-12-2-4-17-5-3-12/h9H,2-8H2,1H3/p+1/t9-/m1/s1. The molecule has 2 rings (SSSR count). The van der Waals surface area contributed by atoms with E-state index in [1.807, 2.05) is 0 Å². The maximum Gasteiger partial charge on any atom is 0.329 e. The van der Waals surface area contributed by atoms with Crippen molar-refractivity contribution in [1.29, 1.82) is 0 Å². The van der Waals surface area contributed by atoms with E-state index in [2.05, 4.69) is 0 Å². The van der Waals surface area contributed by atoms with Gasteiger partial charge in [-0.2, -0.15) is 0 Å². The van der Waals surface area contributed by atoms with Gasteiger partial charge in [0.15, 0.2) is 6.54 Å². The lowest BCUT2D eigenvalue weighted by Gasteiger charge is -2.27. The third-order valence-electron chi connectivity index (χ3n) is 3.28. The smallest absolute Gasteiger partial charge is 0.329 e. The van der Waals surface area contributed by atoms with E-state index < -0.39 is 6.04 Å². The molecule has 2 fully saturated rings. The zero-order valence-corrected chi connectivity index (χ0v) is 11.3. The fourth-order valence-electron chi connectivity index (χ4n) is 2.17. The molecule has 7 heteroatoms. The fourth-order valence-corrected chi connectivity index (χ4v) is 3.34.